The molecule has 3 N–H and O–H groups in total. The number of hydrazone groups is 1. The van der Waals surface area contributed by atoms with Crippen LogP contribution in [0.5, 0.6) is 6.01 Å². The fourth-order valence-corrected chi connectivity index (χ4v) is 2.77. The van der Waals surface area contributed by atoms with Gasteiger partial charge in [0.15, 0.2) is 5.82 Å². The summed E-state index contributed by atoms with van der Waals surface area (Å²) in [6, 6.07) is 15.1. The van der Waals surface area contributed by atoms with Gasteiger partial charge in [-0.1, -0.05) is 29.8 Å². The van der Waals surface area contributed by atoms with E-state index in [1.165, 1.54) is 24.3 Å². The maximum absolute atomic E-state index is 11.9. The molecule has 1 aromatic heterocycles. The molecule has 0 aliphatic rings. The summed E-state index contributed by atoms with van der Waals surface area (Å²) in [5, 5.41) is 17.4. The van der Waals surface area contributed by atoms with Crippen molar-refractivity contribution in [1.29, 1.82) is 0 Å². The molecule has 214 valence electrons. The van der Waals surface area contributed by atoms with Crippen molar-refractivity contribution in [3.63, 3.8) is 0 Å². The van der Waals surface area contributed by atoms with Crippen LogP contribution in [0, 0.1) is 17.0 Å². The van der Waals surface area contributed by atoms with Crippen LogP contribution in [0.25, 0.3) is 0 Å². The third-order valence-corrected chi connectivity index (χ3v) is 4.46. The first-order valence-corrected chi connectivity index (χ1v) is 13.3. The summed E-state index contributed by atoms with van der Waals surface area (Å²) < 4.78 is 36.5. The molecule has 0 fully saturated rings. The normalized spacial score (nSPS) is 10.7. The zero-order valence-electron chi connectivity index (χ0n) is 22.1. The van der Waals surface area contributed by atoms with Gasteiger partial charge in [0.2, 0.25) is 0 Å². The van der Waals surface area contributed by atoms with Crippen LogP contribution in [0.4, 0.5) is 27.8 Å². The van der Waals surface area contributed by atoms with Crippen molar-refractivity contribution in [1.82, 2.24) is 9.97 Å². The smallest absolute Gasteiger partial charge is 0.411 e. The van der Waals surface area contributed by atoms with Crippen LogP contribution < -0.4 is 20.4 Å². The van der Waals surface area contributed by atoms with Gasteiger partial charge in [0, 0.05) is 38.0 Å². The molecule has 1 amide bonds. The van der Waals surface area contributed by atoms with Gasteiger partial charge >= 0.3 is 12.1 Å². The third kappa shape index (κ3) is 12.6. The number of rotatable bonds is 10. The van der Waals surface area contributed by atoms with Gasteiger partial charge in [0.05, 0.1) is 17.4 Å². The zero-order valence-corrected chi connectivity index (χ0v) is 23.0. The number of ether oxygens (including phenoxy) is 2. The van der Waals surface area contributed by atoms with Crippen LogP contribution >= 0.6 is 0 Å². The summed E-state index contributed by atoms with van der Waals surface area (Å²) in [7, 11) is -0.00486. The van der Waals surface area contributed by atoms with E-state index >= 15 is 0 Å². The molecule has 0 saturated carbocycles. The average molecular weight is 576 g/mol. The highest BCUT2D eigenvalue weighted by molar-refractivity contribution is 7.85. The van der Waals surface area contributed by atoms with Gasteiger partial charge in [0.1, 0.15) is 19.0 Å². The first kappa shape index (κ1) is 31.4. The molecule has 0 atom stereocenters. The largest absolute Gasteiger partial charge is 0.460 e. The summed E-state index contributed by atoms with van der Waals surface area (Å²) >= 11 is 0. The van der Waals surface area contributed by atoms with E-state index in [4.69, 9.17) is 14.0 Å². The molecule has 0 bridgehead atoms. The Morgan fingerprint density at radius 3 is 2.42 bits per heavy atom. The quantitative estimate of drug-likeness (QED) is 0.105. The summed E-state index contributed by atoms with van der Waals surface area (Å²) in [6.45, 7) is 1.95. The lowest BCUT2D eigenvalue weighted by molar-refractivity contribution is -0.384. The molecule has 0 aliphatic carbocycles. The minimum atomic E-state index is -3.67. The number of carbonyl (C=O) groups excluding carboxylic acids is 1. The molecule has 15 nitrogen and oxygen atoms in total. The molecule has 0 radical (unpaired) electrons. The zero-order chi connectivity index (χ0) is 29.7. The van der Waals surface area contributed by atoms with Gasteiger partial charge in [-0.25, -0.2) is 4.79 Å². The van der Waals surface area contributed by atoms with Crippen LogP contribution in [-0.4, -0.2) is 73.7 Å². The number of nitrogens with one attached hydrogen (secondary N) is 2. The van der Waals surface area contributed by atoms with Crippen LogP contribution in [0.2, 0.25) is 0 Å². The highest BCUT2D eigenvalue weighted by Gasteiger charge is 2.09. The number of aryl methyl sites for hydroxylation is 1. The first-order valence-electron chi connectivity index (χ1n) is 11.5. The monoisotopic (exact) mass is 575 g/mol. The Labute approximate surface area is 230 Å². The van der Waals surface area contributed by atoms with E-state index in [1.54, 1.807) is 17.2 Å². The summed E-state index contributed by atoms with van der Waals surface area (Å²) in [4.78, 5) is 32.4. The molecule has 3 rings (SSSR count). The summed E-state index contributed by atoms with van der Waals surface area (Å²) in [5.41, 5.74) is 5.23. The Morgan fingerprint density at radius 1 is 1.15 bits per heavy atom. The lowest BCUT2D eigenvalue weighted by Gasteiger charge is -2.14. The highest BCUT2D eigenvalue weighted by atomic mass is 32.2. The van der Waals surface area contributed by atoms with Crippen LogP contribution in [0.15, 0.2) is 59.7 Å². The second kappa shape index (κ2) is 14.9. The average Bonchev–Trinajstić information content (AvgIpc) is 2.86. The lowest BCUT2D eigenvalue weighted by Crippen LogP contribution is -2.18. The summed E-state index contributed by atoms with van der Waals surface area (Å²) in [6.07, 6.45) is 1.67. The fraction of sp³-hybridized carbons (Fsp3) is 0.250. The van der Waals surface area contributed by atoms with E-state index in [-0.39, 0.29) is 24.9 Å². The predicted octanol–water partition coefficient (Wildman–Crippen LogP) is 3.34. The van der Waals surface area contributed by atoms with Gasteiger partial charge in [-0.3, -0.25) is 25.4 Å². The number of aromatic nitrogens is 2. The molecule has 3 aromatic rings. The molecule has 1 heterocycles. The number of nitrogens with zero attached hydrogens (tertiary/aromatic N) is 5. The number of benzene rings is 2. The van der Waals surface area contributed by atoms with E-state index < -0.39 is 21.1 Å². The number of carbonyl (C=O) groups is 1. The second-order valence-corrected chi connectivity index (χ2v) is 9.68. The van der Waals surface area contributed by atoms with E-state index in [0.29, 0.717) is 23.6 Å². The molecular formula is C24H29N7O8S. The number of hydrogen-bond acceptors (Lipinski definition) is 12. The topological polar surface area (TPSA) is 198 Å². The van der Waals surface area contributed by atoms with Crippen molar-refractivity contribution in [3.8, 4) is 6.01 Å². The minimum Gasteiger partial charge on any atom is -0.460 e. The molecule has 16 heteroatoms. The van der Waals surface area contributed by atoms with Gasteiger partial charge in [-0.15, -0.1) is 0 Å². The van der Waals surface area contributed by atoms with Gasteiger partial charge in [-0.05, 0) is 24.6 Å². The lowest BCUT2D eigenvalue weighted by atomic mass is 10.2. The maximum atomic E-state index is 11.9. The molecule has 0 aliphatic heterocycles. The number of anilines is 3. The van der Waals surface area contributed by atoms with Crippen molar-refractivity contribution < 1.29 is 32.2 Å². The standard InChI is InChI=1S/C23H25N7O5.CH4O3S/c1-16-5-4-6-17(13-16)15-24-28-20-14-21(29(2)3)27-22(26-20)34-11-12-35-23(31)25-18-7-9-19(10-8-18)30(32)33;1-5(2,3)4/h4-10,13-15H,11-12H2,1-3H3,(H,25,31)(H,26,27,28);1H3,(H,2,3,4)/b24-15+;. The van der Waals surface area contributed by atoms with Crippen LogP contribution in [0.1, 0.15) is 11.1 Å². The van der Waals surface area contributed by atoms with Crippen molar-refractivity contribution in [2.75, 3.05) is 49.2 Å². The highest BCUT2D eigenvalue weighted by Crippen LogP contribution is 2.18. The van der Waals surface area contributed by atoms with Gasteiger partial charge < -0.3 is 14.4 Å². The number of non-ortho nitro benzene ring substituents is 1. The van der Waals surface area contributed by atoms with Crippen molar-refractivity contribution in [3.05, 3.63) is 75.8 Å². The van der Waals surface area contributed by atoms with Crippen LogP contribution in [0.3, 0.4) is 0 Å². The molecule has 0 saturated heterocycles. The first-order chi connectivity index (χ1) is 18.8. The Balaban J connectivity index is 0.00000103. The molecular weight excluding hydrogens is 546 g/mol. The van der Waals surface area contributed by atoms with Gasteiger partial charge in [-0.2, -0.15) is 23.5 Å². The Hall–Kier alpha value is -4.83. The molecule has 0 unspecified atom stereocenters. The summed E-state index contributed by atoms with van der Waals surface area (Å²) in [5.74, 6) is 1.03. The maximum Gasteiger partial charge on any atom is 0.411 e. The van der Waals surface area contributed by atoms with E-state index in [9.17, 15) is 23.3 Å². The van der Waals surface area contributed by atoms with Crippen LogP contribution in [-0.2, 0) is 14.9 Å². The second-order valence-electron chi connectivity index (χ2n) is 8.22. The van der Waals surface area contributed by atoms with E-state index in [1.807, 2.05) is 45.3 Å². The van der Waals surface area contributed by atoms with Crippen molar-refractivity contribution in [2.24, 2.45) is 5.10 Å². The predicted molar refractivity (Wildman–Crippen MR) is 150 cm³/mol. The van der Waals surface area contributed by atoms with Gasteiger partial charge in [0.25, 0.3) is 15.8 Å². The number of amides is 1. The third-order valence-electron chi connectivity index (χ3n) is 4.46. The van der Waals surface area contributed by atoms with E-state index in [2.05, 4.69) is 25.8 Å². The number of nitro benzene ring substituents is 1. The van der Waals surface area contributed by atoms with Crippen molar-refractivity contribution in [2.45, 2.75) is 6.92 Å². The SMILES string of the molecule is CS(=O)(=O)O.Cc1cccc(/C=N/Nc2cc(N(C)C)nc(OCCOC(=O)Nc3ccc([N+](=O)[O-])cc3)n2)c1. The molecule has 40 heavy (non-hydrogen) atoms. The van der Waals surface area contributed by atoms with E-state index in [0.717, 1.165) is 11.1 Å². The molecule has 0 spiro atoms. The fourth-order valence-electron chi connectivity index (χ4n) is 2.77. The molecule has 2 aromatic carbocycles. The Morgan fingerprint density at radius 2 is 1.82 bits per heavy atom. The Kier molecular flexibility index (Phi) is 11.7. The number of hydrogen-bond donors (Lipinski definition) is 3. The minimum absolute atomic E-state index is 0.0105. The number of nitro groups is 1. The van der Waals surface area contributed by atoms with Crippen molar-refractivity contribution >= 4 is 45.4 Å². The Bertz CT molecular complexity index is 1420.